The molecule has 18 heavy (non-hydrogen) atoms. The largest absolute Gasteiger partial charge is 0.398 e. The summed E-state index contributed by atoms with van der Waals surface area (Å²) < 4.78 is 5.30. The van der Waals surface area contributed by atoms with Gasteiger partial charge in [-0.15, -0.1) is 0 Å². The van der Waals surface area contributed by atoms with Crippen molar-refractivity contribution in [1.82, 2.24) is 10.1 Å². The van der Waals surface area contributed by atoms with Crippen molar-refractivity contribution in [3.8, 4) is 11.4 Å². The van der Waals surface area contributed by atoms with E-state index in [1.54, 1.807) is 0 Å². The molecule has 1 aromatic heterocycles. The van der Waals surface area contributed by atoms with Gasteiger partial charge in [-0.2, -0.15) is 4.98 Å². The van der Waals surface area contributed by atoms with Gasteiger partial charge in [-0.3, -0.25) is 0 Å². The van der Waals surface area contributed by atoms with Gasteiger partial charge in [0, 0.05) is 17.2 Å². The van der Waals surface area contributed by atoms with Crippen LogP contribution in [-0.2, 0) is 0 Å². The molecule has 0 fully saturated rings. The third-order valence-corrected chi connectivity index (χ3v) is 3.12. The molecule has 0 aliphatic carbocycles. The maximum absolute atomic E-state index is 5.89. The lowest BCUT2D eigenvalue weighted by Gasteiger charge is -2.02. The van der Waals surface area contributed by atoms with E-state index in [4.69, 9.17) is 10.3 Å². The zero-order valence-electron chi connectivity index (χ0n) is 11.1. The number of hydrogen-bond acceptors (Lipinski definition) is 4. The van der Waals surface area contributed by atoms with Crippen molar-refractivity contribution in [2.75, 3.05) is 5.73 Å². The number of anilines is 1. The average molecular weight is 245 g/mol. The molecule has 4 heteroatoms. The summed E-state index contributed by atoms with van der Waals surface area (Å²) in [5, 5.41) is 4.02. The van der Waals surface area contributed by atoms with E-state index in [2.05, 4.69) is 24.0 Å². The van der Waals surface area contributed by atoms with Gasteiger partial charge in [0.15, 0.2) is 0 Å². The molecule has 0 aliphatic rings. The third kappa shape index (κ3) is 2.53. The molecule has 4 nitrogen and oxygen atoms in total. The molecule has 0 spiro atoms. The molecule has 1 atom stereocenters. The Kier molecular flexibility index (Phi) is 3.65. The first-order valence-corrected chi connectivity index (χ1v) is 6.32. The normalized spacial score (nSPS) is 12.6. The highest BCUT2D eigenvalue weighted by molar-refractivity contribution is 5.63. The Morgan fingerprint density at radius 3 is 2.83 bits per heavy atom. The van der Waals surface area contributed by atoms with Crippen LogP contribution in [0.25, 0.3) is 11.4 Å². The number of hydrogen-bond donors (Lipinski definition) is 1. The van der Waals surface area contributed by atoms with Crippen molar-refractivity contribution in [2.45, 2.75) is 39.5 Å². The van der Waals surface area contributed by atoms with Gasteiger partial charge in [0.2, 0.25) is 11.7 Å². The Balaban J connectivity index is 2.26. The fourth-order valence-electron chi connectivity index (χ4n) is 1.89. The van der Waals surface area contributed by atoms with Crippen molar-refractivity contribution < 1.29 is 4.52 Å². The van der Waals surface area contributed by atoms with Crippen molar-refractivity contribution >= 4 is 5.69 Å². The number of nitrogens with two attached hydrogens (primary N) is 1. The second-order valence-corrected chi connectivity index (χ2v) is 4.72. The van der Waals surface area contributed by atoms with E-state index in [9.17, 15) is 0 Å². The van der Waals surface area contributed by atoms with Crippen LogP contribution in [0.4, 0.5) is 5.69 Å². The molecule has 0 saturated heterocycles. The molecule has 2 N–H and O–H groups in total. The molecule has 0 bridgehead atoms. The molecule has 1 heterocycles. The quantitative estimate of drug-likeness (QED) is 0.837. The molecule has 0 saturated carbocycles. The Bertz CT molecular complexity index is 534. The summed E-state index contributed by atoms with van der Waals surface area (Å²) in [6.45, 7) is 6.23. The number of aryl methyl sites for hydroxylation is 1. The number of nitrogen functional groups attached to an aromatic ring is 1. The van der Waals surface area contributed by atoms with Gasteiger partial charge < -0.3 is 10.3 Å². The van der Waals surface area contributed by atoms with Gasteiger partial charge in [-0.1, -0.05) is 37.6 Å². The van der Waals surface area contributed by atoms with Crippen LogP contribution in [0, 0.1) is 6.92 Å². The highest BCUT2D eigenvalue weighted by Gasteiger charge is 2.14. The topological polar surface area (TPSA) is 64.9 Å². The van der Waals surface area contributed by atoms with Gasteiger partial charge in [0.05, 0.1) is 0 Å². The SMILES string of the molecule is CCCC(C)c1nc(-c2ccc(C)c(N)c2)no1. The van der Waals surface area contributed by atoms with Crippen LogP contribution < -0.4 is 5.73 Å². The van der Waals surface area contributed by atoms with E-state index in [1.165, 1.54) is 0 Å². The number of rotatable bonds is 4. The van der Waals surface area contributed by atoms with Crippen LogP contribution in [0.5, 0.6) is 0 Å². The second-order valence-electron chi connectivity index (χ2n) is 4.72. The summed E-state index contributed by atoms with van der Waals surface area (Å²) in [6, 6.07) is 5.81. The van der Waals surface area contributed by atoms with E-state index in [0.717, 1.165) is 29.7 Å². The molecule has 2 aromatic rings. The van der Waals surface area contributed by atoms with E-state index in [-0.39, 0.29) is 0 Å². The van der Waals surface area contributed by atoms with Crippen molar-refractivity contribution in [3.63, 3.8) is 0 Å². The number of benzene rings is 1. The van der Waals surface area contributed by atoms with Gasteiger partial charge in [0.1, 0.15) is 0 Å². The number of nitrogens with zero attached hydrogens (tertiary/aromatic N) is 2. The Labute approximate surface area is 107 Å². The molecule has 1 aromatic carbocycles. The highest BCUT2D eigenvalue weighted by atomic mass is 16.5. The maximum Gasteiger partial charge on any atom is 0.229 e. The summed E-state index contributed by atoms with van der Waals surface area (Å²) in [4.78, 5) is 4.44. The summed E-state index contributed by atoms with van der Waals surface area (Å²) in [7, 11) is 0. The van der Waals surface area contributed by atoms with Crippen LogP contribution in [0.1, 0.15) is 44.1 Å². The van der Waals surface area contributed by atoms with Crippen LogP contribution in [0.15, 0.2) is 22.7 Å². The first kappa shape index (κ1) is 12.6. The minimum absolute atomic E-state index is 0.305. The molecular weight excluding hydrogens is 226 g/mol. The first-order valence-electron chi connectivity index (χ1n) is 6.32. The lowest BCUT2D eigenvalue weighted by molar-refractivity contribution is 0.353. The minimum Gasteiger partial charge on any atom is -0.398 e. The molecule has 1 unspecified atom stereocenters. The molecular formula is C14H19N3O. The zero-order valence-corrected chi connectivity index (χ0v) is 11.1. The highest BCUT2D eigenvalue weighted by Crippen LogP contribution is 2.24. The van der Waals surface area contributed by atoms with Crippen LogP contribution in [-0.4, -0.2) is 10.1 Å². The third-order valence-electron chi connectivity index (χ3n) is 3.12. The van der Waals surface area contributed by atoms with E-state index >= 15 is 0 Å². The van der Waals surface area contributed by atoms with Gasteiger partial charge >= 0.3 is 0 Å². The zero-order chi connectivity index (χ0) is 13.1. The molecule has 96 valence electrons. The monoisotopic (exact) mass is 245 g/mol. The first-order chi connectivity index (χ1) is 8.61. The maximum atomic E-state index is 5.89. The van der Waals surface area contributed by atoms with Crippen molar-refractivity contribution in [1.29, 1.82) is 0 Å². The summed E-state index contributed by atoms with van der Waals surface area (Å²) >= 11 is 0. The van der Waals surface area contributed by atoms with Gasteiger partial charge in [0.25, 0.3) is 0 Å². The average Bonchev–Trinajstić information content (AvgIpc) is 2.82. The van der Waals surface area contributed by atoms with Gasteiger partial charge in [-0.25, -0.2) is 0 Å². The van der Waals surface area contributed by atoms with Crippen LogP contribution in [0.3, 0.4) is 0 Å². The predicted octanol–water partition coefficient (Wildman–Crippen LogP) is 3.53. The smallest absolute Gasteiger partial charge is 0.229 e. The van der Waals surface area contributed by atoms with E-state index in [0.29, 0.717) is 17.6 Å². The Morgan fingerprint density at radius 1 is 1.39 bits per heavy atom. The van der Waals surface area contributed by atoms with Crippen LogP contribution >= 0.6 is 0 Å². The summed E-state index contributed by atoms with van der Waals surface area (Å²) in [5.74, 6) is 1.62. The predicted molar refractivity (Wildman–Crippen MR) is 72.2 cm³/mol. The summed E-state index contributed by atoms with van der Waals surface area (Å²) in [6.07, 6.45) is 2.16. The van der Waals surface area contributed by atoms with Crippen molar-refractivity contribution in [3.05, 3.63) is 29.7 Å². The van der Waals surface area contributed by atoms with Crippen molar-refractivity contribution in [2.24, 2.45) is 0 Å². The molecule has 2 rings (SSSR count). The molecule has 0 radical (unpaired) electrons. The molecule has 0 aliphatic heterocycles. The summed E-state index contributed by atoms with van der Waals surface area (Å²) in [5.41, 5.74) is 8.59. The molecule has 0 amide bonds. The van der Waals surface area contributed by atoms with E-state index < -0.39 is 0 Å². The second kappa shape index (κ2) is 5.21. The lowest BCUT2D eigenvalue weighted by atomic mass is 10.1. The fourth-order valence-corrected chi connectivity index (χ4v) is 1.89. The lowest BCUT2D eigenvalue weighted by Crippen LogP contribution is -1.93. The van der Waals surface area contributed by atoms with Crippen LogP contribution in [0.2, 0.25) is 0 Å². The van der Waals surface area contributed by atoms with E-state index in [1.807, 2.05) is 25.1 Å². The Hall–Kier alpha value is -1.84. The fraction of sp³-hybridized carbons (Fsp3) is 0.429. The Morgan fingerprint density at radius 2 is 2.17 bits per heavy atom. The standard InChI is InChI=1S/C14H19N3O/c1-4-5-10(3)14-16-13(17-18-14)11-7-6-9(2)12(15)8-11/h6-8,10H,4-5,15H2,1-3H3. The van der Waals surface area contributed by atoms with Gasteiger partial charge in [-0.05, 0) is 25.0 Å². The minimum atomic E-state index is 0.305. The number of aromatic nitrogens is 2.